The second-order valence-corrected chi connectivity index (χ2v) is 4.62. The van der Waals surface area contributed by atoms with Crippen molar-refractivity contribution >= 4 is 23.5 Å². The van der Waals surface area contributed by atoms with Crippen molar-refractivity contribution in [1.82, 2.24) is 6.15 Å². The third-order valence-corrected chi connectivity index (χ3v) is 0. The van der Waals surface area contributed by atoms with Crippen LogP contribution in [0.4, 0.5) is 0 Å². The van der Waals surface area contributed by atoms with Crippen LogP contribution in [0.3, 0.4) is 0 Å². The Morgan fingerprint density at radius 1 is 0.500 bits per heavy atom. The Labute approximate surface area is 89.8 Å². The van der Waals surface area contributed by atoms with Gasteiger partial charge in [0.2, 0.25) is 0 Å². The smallest absolute Gasteiger partial charge is 0.344 e. The van der Waals surface area contributed by atoms with Gasteiger partial charge in [-0.1, -0.05) is 0 Å². The first-order valence-electron chi connectivity index (χ1n) is 2.35. The van der Waals surface area contributed by atoms with E-state index < -0.39 is 23.5 Å². The lowest BCUT2D eigenvalue weighted by Gasteiger charge is -1.82. The van der Waals surface area contributed by atoms with Crippen molar-refractivity contribution in [2.45, 2.75) is 0 Å². The van der Waals surface area contributed by atoms with E-state index in [4.69, 9.17) is 57.7 Å². The van der Waals surface area contributed by atoms with Gasteiger partial charge in [0.05, 0.1) is 0 Å². The maximum atomic E-state index is 8.88. The van der Waals surface area contributed by atoms with Crippen LogP contribution in [0.25, 0.3) is 0 Å². The molecule has 0 radical (unpaired) electrons. The summed E-state index contributed by atoms with van der Waals surface area (Å²) in [4.78, 5) is 64.7. The van der Waals surface area contributed by atoms with Crippen LogP contribution >= 0.6 is 23.5 Å². The van der Waals surface area contributed by atoms with Crippen LogP contribution in [-0.2, 0) is 13.7 Å². The fraction of sp³-hybridized carbons (Fsp3) is 0. The molecule has 16 heavy (non-hydrogen) atoms. The molecule has 0 amide bonds. The number of hydrogen-bond donors (Lipinski definition) is 10. The zero-order valence-electron chi connectivity index (χ0n) is 7.30. The number of rotatable bonds is 0. The molecule has 0 aromatic rings. The highest BCUT2D eigenvalue weighted by Gasteiger charge is 2.01. The van der Waals surface area contributed by atoms with Crippen LogP contribution in [0.15, 0.2) is 0 Å². The van der Waals surface area contributed by atoms with Gasteiger partial charge in [-0.3, -0.25) is 0 Å². The van der Waals surface area contributed by atoms with Gasteiger partial charge in [0.25, 0.3) is 0 Å². The summed E-state index contributed by atoms with van der Waals surface area (Å²) in [6, 6.07) is 0. The number of phosphoric acid groups is 3. The van der Waals surface area contributed by atoms with Crippen LogP contribution in [-0.4, -0.2) is 44.0 Å². The van der Waals surface area contributed by atoms with Crippen LogP contribution in [0.2, 0.25) is 0 Å². The molecule has 0 aromatic carbocycles. The van der Waals surface area contributed by atoms with Gasteiger partial charge >= 0.3 is 23.5 Å². The zero-order valence-corrected chi connectivity index (χ0v) is 9.98. The Hall–Kier alpha value is 0.290. The first-order valence-corrected chi connectivity index (χ1v) is 7.04. The zero-order chi connectivity index (χ0) is 13.5. The molecule has 12 N–H and O–H groups in total. The van der Waals surface area contributed by atoms with E-state index in [2.05, 4.69) is 0 Å². The minimum atomic E-state index is -4.64. The van der Waals surface area contributed by atoms with E-state index >= 15 is 0 Å². The van der Waals surface area contributed by atoms with E-state index in [1.54, 1.807) is 0 Å². The van der Waals surface area contributed by atoms with Crippen molar-refractivity contribution in [1.29, 1.82) is 0 Å². The summed E-state index contributed by atoms with van der Waals surface area (Å²) in [7, 11) is -13.9. The summed E-state index contributed by atoms with van der Waals surface area (Å²) in [6.45, 7) is 0. The van der Waals surface area contributed by atoms with Crippen LogP contribution in [0, 0.1) is 0 Å². The summed E-state index contributed by atoms with van der Waals surface area (Å²) in [5, 5.41) is 0. The van der Waals surface area contributed by atoms with Crippen molar-refractivity contribution in [3.8, 4) is 0 Å². The second kappa shape index (κ2) is 9.33. The molecule has 106 valence electrons. The Kier molecular flexibility index (Phi) is 14.7. The fourth-order valence-corrected chi connectivity index (χ4v) is 0. The van der Waals surface area contributed by atoms with Gasteiger partial charge in [0, 0.05) is 1.43 Å². The Balaban J connectivity index is -0.0000000400. The Morgan fingerprint density at radius 2 is 0.500 bits per heavy atom. The lowest BCUT2D eigenvalue weighted by Crippen LogP contribution is -1.66. The monoisotopic (exact) mass is 313 g/mol. The molecular formula is H14NO12P3. The summed E-state index contributed by atoms with van der Waals surface area (Å²) >= 11 is 0. The lowest BCUT2D eigenvalue weighted by molar-refractivity contribution is 0.272. The third-order valence-electron chi connectivity index (χ3n) is 0. The molecule has 0 fully saturated rings. The van der Waals surface area contributed by atoms with Gasteiger partial charge in [-0.15, -0.1) is 0 Å². The van der Waals surface area contributed by atoms with Crippen molar-refractivity contribution in [3.05, 3.63) is 0 Å². The molecule has 0 spiro atoms. The van der Waals surface area contributed by atoms with E-state index in [1.165, 1.54) is 0 Å². The lowest BCUT2D eigenvalue weighted by atomic mass is 14.0. The average molecular weight is 313 g/mol. The second-order valence-electron chi connectivity index (χ2n) is 1.54. The topological polar surface area (TPSA) is 268 Å². The van der Waals surface area contributed by atoms with Crippen LogP contribution in [0.5, 0.6) is 0 Å². The summed E-state index contributed by atoms with van der Waals surface area (Å²) in [5.41, 5.74) is 0. The average Bonchev–Trinajstić information content (AvgIpc) is 1.41. The van der Waals surface area contributed by atoms with E-state index in [-0.39, 0.29) is 7.58 Å². The van der Waals surface area contributed by atoms with Gasteiger partial charge in [-0.05, 0) is 0 Å². The first kappa shape index (κ1) is 25.2. The summed E-state index contributed by atoms with van der Waals surface area (Å²) in [6.07, 6.45) is 0. The maximum absolute atomic E-state index is 8.88. The molecule has 16 heteroatoms. The number of hydrogen-bond acceptors (Lipinski definition) is 4. The van der Waals surface area contributed by atoms with Gasteiger partial charge in [-0.25, -0.2) is 13.7 Å². The minimum absolute atomic E-state index is 0. The molecule has 0 aliphatic rings. The molecule has 0 saturated carbocycles. The largest absolute Gasteiger partial charge is 0.466 e. The molecule has 0 heterocycles. The van der Waals surface area contributed by atoms with Crippen molar-refractivity contribution < 1.29 is 59.2 Å². The third kappa shape index (κ3) is 30000. The maximum Gasteiger partial charge on any atom is 0.466 e. The van der Waals surface area contributed by atoms with E-state index in [0.29, 0.717) is 0 Å². The molecule has 0 rings (SSSR count). The highest BCUT2D eigenvalue weighted by Crippen LogP contribution is 2.26. The van der Waals surface area contributed by atoms with E-state index in [1.807, 2.05) is 0 Å². The summed E-state index contributed by atoms with van der Waals surface area (Å²) in [5.74, 6) is 0. The highest BCUT2D eigenvalue weighted by molar-refractivity contribution is 7.45. The molecule has 0 unspecified atom stereocenters. The van der Waals surface area contributed by atoms with Crippen molar-refractivity contribution in [2.75, 3.05) is 0 Å². The fourth-order valence-electron chi connectivity index (χ4n) is 0. The Bertz CT molecular complexity index is 208. The van der Waals surface area contributed by atoms with Gasteiger partial charge < -0.3 is 50.2 Å². The first-order chi connectivity index (χ1) is 6.00. The molecule has 0 aromatic heterocycles. The van der Waals surface area contributed by atoms with Crippen molar-refractivity contribution in [2.24, 2.45) is 0 Å². The predicted octanol–water partition coefficient (Wildman–Crippen LogP) is -2.38. The molecule has 0 saturated heterocycles. The quantitative estimate of drug-likeness (QED) is 0.209. The Morgan fingerprint density at radius 3 is 0.500 bits per heavy atom. The van der Waals surface area contributed by atoms with Gasteiger partial charge in [0.15, 0.2) is 0 Å². The summed E-state index contributed by atoms with van der Waals surface area (Å²) < 4.78 is 26.6. The molecule has 0 bridgehead atoms. The minimum Gasteiger partial charge on any atom is -0.344 e. The molecule has 0 aliphatic heterocycles. The SMILES string of the molecule is N.O=P(O)(O)O.O=P(O)(O)O.O=P(O)(O)O.[HH]. The van der Waals surface area contributed by atoms with Crippen LogP contribution < -0.4 is 6.15 Å². The van der Waals surface area contributed by atoms with Crippen molar-refractivity contribution in [3.63, 3.8) is 0 Å². The highest BCUT2D eigenvalue weighted by atomic mass is 31.2. The van der Waals surface area contributed by atoms with E-state index in [0.717, 1.165) is 0 Å². The standard InChI is InChI=1S/H3N.3H3O4P.H2/c;3*1-5(2,3)4;/h1H3;3*(H3,1,2,3,4);1H. The van der Waals surface area contributed by atoms with Crippen LogP contribution in [0.1, 0.15) is 1.43 Å². The molecule has 0 atom stereocenters. The molecular weight excluding hydrogens is 299 g/mol. The normalized spacial score (nSPS) is 11.1. The predicted molar refractivity (Wildman–Crippen MR) is 49.9 cm³/mol. The molecule has 13 nitrogen and oxygen atoms in total. The molecule has 0 aliphatic carbocycles. The van der Waals surface area contributed by atoms with E-state index in [9.17, 15) is 0 Å². The van der Waals surface area contributed by atoms with Gasteiger partial charge in [-0.2, -0.15) is 0 Å². The van der Waals surface area contributed by atoms with Gasteiger partial charge in [0.1, 0.15) is 0 Å².